The van der Waals surface area contributed by atoms with Crippen molar-refractivity contribution in [3.8, 4) is 5.69 Å². The maximum absolute atomic E-state index is 13.9. The molecule has 0 unspecified atom stereocenters. The van der Waals surface area contributed by atoms with Gasteiger partial charge in [0, 0.05) is 42.8 Å². The highest BCUT2D eigenvalue weighted by Crippen LogP contribution is 2.37. The number of halogens is 6. The number of aliphatic hydroxyl groups excluding tert-OH is 1. The Morgan fingerprint density at radius 1 is 1.05 bits per heavy atom. The normalized spacial score (nSPS) is 13.6. The van der Waals surface area contributed by atoms with Crippen LogP contribution in [0.3, 0.4) is 0 Å². The van der Waals surface area contributed by atoms with E-state index in [1.807, 2.05) is 0 Å². The third-order valence-corrected chi connectivity index (χ3v) is 6.38. The number of nitrogens with one attached hydrogen (secondary N) is 2. The molecule has 0 aliphatic carbocycles. The fraction of sp³-hybridized carbons (Fsp3) is 0.308. The summed E-state index contributed by atoms with van der Waals surface area (Å²) in [5.74, 6) is -3.42. The molecule has 16 heteroatoms. The van der Waals surface area contributed by atoms with Crippen molar-refractivity contribution >= 4 is 34.8 Å². The van der Waals surface area contributed by atoms with Crippen molar-refractivity contribution < 1.29 is 45.8 Å². The van der Waals surface area contributed by atoms with Crippen molar-refractivity contribution in [1.82, 2.24) is 15.1 Å². The van der Waals surface area contributed by atoms with Gasteiger partial charge in [-0.25, -0.2) is 4.68 Å². The quantitative estimate of drug-likeness (QED) is 0.271. The fourth-order valence-electron chi connectivity index (χ4n) is 4.33. The molecule has 0 saturated carbocycles. The first kappa shape index (κ1) is 30.5. The van der Waals surface area contributed by atoms with Gasteiger partial charge in [-0.15, -0.1) is 0 Å². The van der Waals surface area contributed by atoms with Gasteiger partial charge in [0.15, 0.2) is 5.69 Å². The van der Waals surface area contributed by atoms with Crippen molar-refractivity contribution in [2.24, 2.45) is 0 Å². The van der Waals surface area contributed by atoms with Gasteiger partial charge < -0.3 is 25.5 Å². The van der Waals surface area contributed by atoms with Crippen molar-refractivity contribution in [1.29, 1.82) is 0 Å². The molecule has 0 atom stereocenters. The lowest BCUT2D eigenvalue weighted by Crippen LogP contribution is -2.39. The zero-order valence-corrected chi connectivity index (χ0v) is 21.9. The lowest BCUT2D eigenvalue weighted by molar-refractivity contribution is -0.167. The van der Waals surface area contributed by atoms with Crippen LogP contribution in [0.15, 0.2) is 48.5 Å². The van der Waals surface area contributed by atoms with Crippen LogP contribution in [-0.2, 0) is 22.2 Å². The van der Waals surface area contributed by atoms with E-state index in [9.17, 15) is 40.7 Å². The summed E-state index contributed by atoms with van der Waals surface area (Å²) >= 11 is 0. The number of rotatable bonds is 8. The third kappa shape index (κ3) is 6.38. The van der Waals surface area contributed by atoms with Gasteiger partial charge >= 0.3 is 18.3 Å². The lowest BCUT2D eigenvalue weighted by atomic mass is 10.0. The van der Waals surface area contributed by atoms with E-state index >= 15 is 0 Å². The zero-order chi connectivity index (χ0) is 30.8. The summed E-state index contributed by atoms with van der Waals surface area (Å²) in [6.45, 7) is -0.0578. The average molecular weight is 599 g/mol. The van der Waals surface area contributed by atoms with E-state index in [4.69, 9.17) is 5.11 Å². The van der Waals surface area contributed by atoms with Crippen molar-refractivity contribution in [3.05, 3.63) is 65.5 Å². The fourth-order valence-corrected chi connectivity index (χ4v) is 4.33. The molecule has 1 aliphatic heterocycles. The SMILES string of the molecule is CN(C(=O)CNCCO)c1ccc(N2CCc3c(C(F)(F)F)nn(-c4cccc(NC(=O)C(F)(F)F)c4)c3C2=O)cc1. The van der Waals surface area contributed by atoms with Gasteiger partial charge in [0.1, 0.15) is 5.69 Å². The highest BCUT2D eigenvalue weighted by Gasteiger charge is 2.43. The monoisotopic (exact) mass is 598 g/mol. The molecule has 3 amide bonds. The number of aromatic nitrogens is 2. The molecule has 0 saturated heterocycles. The van der Waals surface area contributed by atoms with Crippen LogP contribution in [0, 0.1) is 0 Å². The Kier molecular flexibility index (Phi) is 8.58. The average Bonchev–Trinajstić information content (AvgIpc) is 3.34. The number of benzene rings is 2. The number of anilines is 3. The number of carbonyl (C=O) groups excluding carboxylic acids is 3. The van der Waals surface area contributed by atoms with Crippen molar-refractivity contribution in [2.45, 2.75) is 18.8 Å². The molecule has 10 nitrogen and oxygen atoms in total. The standard InChI is InChI=1S/C26H24F6N6O4/c1-36(20(40)14-33-10-12-39)16-5-7-17(8-6-16)37-11-9-19-21(23(37)41)38(35-22(19)25(27,28)29)18-4-2-3-15(13-18)34-24(42)26(30,31)32/h2-8,13,33,39H,9-12,14H2,1H3,(H,34,42). The summed E-state index contributed by atoms with van der Waals surface area (Å²) in [6, 6.07) is 10.6. The van der Waals surface area contributed by atoms with Crippen LogP contribution >= 0.6 is 0 Å². The zero-order valence-electron chi connectivity index (χ0n) is 21.9. The Hall–Kier alpha value is -4.44. The summed E-state index contributed by atoms with van der Waals surface area (Å²) in [5, 5.41) is 16.8. The predicted molar refractivity (Wildman–Crippen MR) is 138 cm³/mol. The molecule has 3 aromatic rings. The van der Waals surface area contributed by atoms with Crippen LogP contribution in [0.25, 0.3) is 5.69 Å². The Balaban J connectivity index is 1.66. The van der Waals surface area contributed by atoms with Gasteiger partial charge in [-0.2, -0.15) is 31.4 Å². The Bertz CT molecular complexity index is 1490. The van der Waals surface area contributed by atoms with E-state index < -0.39 is 35.6 Å². The number of likely N-dealkylation sites (N-methyl/N-ethyl adjacent to an activating group) is 1. The molecule has 0 fully saturated rings. The van der Waals surface area contributed by atoms with Gasteiger partial charge in [0.25, 0.3) is 5.91 Å². The van der Waals surface area contributed by atoms with Crippen molar-refractivity contribution in [3.63, 3.8) is 0 Å². The van der Waals surface area contributed by atoms with Crippen LogP contribution in [0.5, 0.6) is 0 Å². The Morgan fingerprint density at radius 3 is 2.36 bits per heavy atom. The molecule has 42 heavy (non-hydrogen) atoms. The van der Waals surface area contributed by atoms with E-state index in [1.54, 1.807) is 17.4 Å². The first-order chi connectivity index (χ1) is 19.7. The smallest absolute Gasteiger partial charge is 0.395 e. The van der Waals surface area contributed by atoms with Crippen molar-refractivity contribution in [2.75, 3.05) is 48.4 Å². The molecular weight excluding hydrogens is 574 g/mol. The number of hydrogen-bond acceptors (Lipinski definition) is 6. The number of carbonyl (C=O) groups is 3. The minimum absolute atomic E-state index is 0.0290. The minimum Gasteiger partial charge on any atom is -0.395 e. The number of alkyl halides is 6. The van der Waals surface area contributed by atoms with Gasteiger partial charge in [0.2, 0.25) is 5.91 Å². The molecule has 0 bridgehead atoms. The van der Waals surface area contributed by atoms with Crippen LogP contribution in [0.4, 0.5) is 43.4 Å². The second kappa shape index (κ2) is 11.8. The minimum atomic E-state index is -5.20. The maximum Gasteiger partial charge on any atom is 0.471 e. The topological polar surface area (TPSA) is 120 Å². The maximum atomic E-state index is 13.9. The summed E-state index contributed by atoms with van der Waals surface area (Å²) in [7, 11) is 1.53. The highest BCUT2D eigenvalue weighted by molar-refractivity contribution is 6.08. The van der Waals surface area contributed by atoms with Gasteiger partial charge in [-0.3, -0.25) is 14.4 Å². The van der Waals surface area contributed by atoms with Crippen LogP contribution < -0.4 is 20.4 Å². The first-order valence-electron chi connectivity index (χ1n) is 12.4. The molecule has 1 aromatic heterocycles. The number of fused-ring (bicyclic) bond motifs is 1. The first-order valence-corrected chi connectivity index (χ1v) is 12.4. The van der Waals surface area contributed by atoms with Gasteiger partial charge in [0.05, 0.1) is 18.8 Å². The molecule has 3 N–H and O–H groups in total. The van der Waals surface area contributed by atoms with Crippen LogP contribution in [0.1, 0.15) is 21.7 Å². The molecule has 1 aliphatic rings. The van der Waals surface area contributed by atoms with E-state index in [-0.39, 0.29) is 55.5 Å². The Morgan fingerprint density at radius 2 is 1.74 bits per heavy atom. The molecule has 4 rings (SSSR count). The molecular formula is C26H24F6N6O4. The molecule has 2 aromatic carbocycles. The number of amides is 3. The van der Waals surface area contributed by atoms with Gasteiger partial charge in [-0.05, 0) is 48.9 Å². The molecule has 224 valence electrons. The molecule has 0 spiro atoms. The van der Waals surface area contributed by atoms with E-state index in [2.05, 4.69) is 10.4 Å². The van der Waals surface area contributed by atoms with Crippen LogP contribution in [-0.4, -0.2) is 72.1 Å². The van der Waals surface area contributed by atoms with E-state index in [0.717, 1.165) is 12.1 Å². The predicted octanol–water partition coefficient (Wildman–Crippen LogP) is 3.14. The van der Waals surface area contributed by atoms with E-state index in [1.165, 1.54) is 41.1 Å². The second-order valence-corrected chi connectivity index (χ2v) is 9.16. The highest BCUT2D eigenvalue weighted by atomic mass is 19.4. The van der Waals surface area contributed by atoms with Gasteiger partial charge in [-0.1, -0.05) is 6.07 Å². The largest absolute Gasteiger partial charge is 0.471 e. The second-order valence-electron chi connectivity index (χ2n) is 9.16. The molecule has 2 heterocycles. The summed E-state index contributed by atoms with van der Waals surface area (Å²) in [4.78, 5) is 39.9. The Labute approximate surface area is 234 Å². The van der Waals surface area contributed by atoms with E-state index in [0.29, 0.717) is 16.1 Å². The number of nitrogens with zero attached hydrogens (tertiary/aromatic N) is 4. The summed E-state index contributed by atoms with van der Waals surface area (Å²) in [5.41, 5.74) is -1.86. The lowest BCUT2D eigenvalue weighted by Gasteiger charge is -2.28. The summed E-state index contributed by atoms with van der Waals surface area (Å²) in [6.07, 6.45) is -10.4. The summed E-state index contributed by atoms with van der Waals surface area (Å²) < 4.78 is 80.5. The molecule has 0 radical (unpaired) electrons. The number of hydrogen-bond donors (Lipinski definition) is 3. The van der Waals surface area contributed by atoms with Crippen LogP contribution in [0.2, 0.25) is 0 Å². The third-order valence-electron chi connectivity index (χ3n) is 6.38. The number of aliphatic hydroxyl groups is 1.